The largest absolute Gasteiger partial charge is 0.501 e. The lowest BCUT2D eigenvalue weighted by Crippen LogP contribution is -1.85. The van der Waals surface area contributed by atoms with Crippen molar-refractivity contribution in [3.8, 4) is 0 Å². The summed E-state index contributed by atoms with van der Waals surface area (Å²) >= 11 is 0. The van der Waals surface area contributed by atoms with Gasteiger partial charge in [-0.15, -0.1) is 0 Å². The van der Waals surface area contributed by atoms with Gasteiger partial charge in [-0.25, -0.2) is 0 Å². The molecular formula is C6H11NO. The highest BCUT2D eigenvalue weighted by Crippen LogP contribution is 1.90. The van der Waals surface area contributed by atoms with Crippen LogP contribution in [-0.4, -0.2) is 12.8 Å². The molecule has 0 aromatic rings. The normalized spacial score (nSPS) is 11.1. The molecule has 0 aliphatic rings. The van der Waals surface area contributed by atoms with Crippen LogP contribution in [-0.2, 0) is 4.74 Å². The maximum atomic E-state index is 6.97. The Labute approximate surface area is 49.7 Å². The molecule has 0 amide bonds. The Morgan fingerprint density at radius 3 is 2.12 bits per heavy atom. The molecule has 0 aromatic carbocycles. The van der Waals surface area contributed by atoms with Crippen molar-refractivity contribution in [3.05, 3.63) is 11.8 Å². The first kappa shape index (κ1) is 7.21. The van der Waals surface area contributed by atoms with Crippen LogP contribution in [0.5, 0.6) is 0 Å². The molecule has 0 fully saturated rings. The zero-order valence-corrected chi connectivity index (χ0v) is 5.49. The summed E-state index contributed by atoms with van der Waals surface area (Å²) in [5, 5.41) is 6.97. The minimum Gasteiger partial charge on any atom is -0.501 e. The third-order valence-corrected chi connectivity index (χ3v) is 0.742. The minimum absolute atomic E-state index is 0.518. The number of allylic oxidation sites excluding steroid dienone is 2. The van der Waals surface area contributed by atoms with E-state index in [-0.39, 0.29) is 0 Å². The summed E-state index contributed by atoms with van der Waals surface area (Å²) in [7, 11) is 1.59. The van der Waals surface area contributed by atoms with Gasteiger partial charge in [-0.2, -0.15) is 0 Å². The van der Waals surface area contributed by atoms with Gasteiger partial charge in [-0.1, -0.05) is 0 Å². The van der Waals surface area contributed by atoms with Crippen molar-refractivity contribution >= 4 is 5.71 Å². The predicted octanol–water partition coefficient (Wildman–Crippen LogP) is 1.58. The van der Waals surface area contributed by atoms with Crippen LogP contribution in [0.1, 0.15) is 13.8 Å². The second kappa shape index (κ2) is 3.24. The number of ether oxygens (including phenoxy) is 1. The third-order valence-electron chi connectivity index (χ3n) is 0.742. The van der Waals surface area contributed by atoms with Crippen molar-refractivity contribution in [3.63, 3.8) is 0 Å². The van der Waals surface area contributed by atoms with Crippen molar-refractivity contribution in [2.24, 2.45) is 0 Å². The first-order valence-electron chi connectivity index (χ1n) is 2.44. The summed E-state index contributed by atoms with van der Waals surface area (Å²) in [6.45, 7) is 3.53. The maximum absolute atomic E-state index is 6.97. The van der Waals surface area contributed by atoms with Crippen LogP contribution in [0.2, 0.25) is 0 Å². The lowest BCUT2D eigenvalue weighted by atomic mass is 10.3. The van der Waals surface area contributed by atoms with Gasteiger partial charge in [0.25, 0.3) is 0 Å². The molecule has 0 unspecified atom stereocenters. The van der Waals surface area contributed by atoms with Crippen molar-refractivity contribution in [2.75, 3.05) is 7.11 Å². The number of hydrogen-bond acceptors (Lipinski definition) is 2. The highest BCUT2D eigenvalue weighted by molar-refractivity contribution is 5.90. The second-order valence-corrected chi connectivity index (χ2v) is 1.64. The molecule has 0 bridgehead atoms. The molecule has 0 heterocycles. The van der Waals surface area contributed by atoms with Gasteiger partial charge in [0.15, 0.2) is 0 Å². The number of rotatable bonds is 2. The van der Waals surface area contributed by atoms with Crippen molar-refractivity contribution in [1.82, 2.24) is 0 Å². The molecule has 8 heavy (non-hydrogen) atoms. The highest BCUT2D eigenvalue weighted by Gasteiger charge is 1.82. The van der Waals surface area contributed by atoms with Gasteiger partial charge >= 0.3 is 0 Å². The topological polar surface area (TPSA) is 33.1 Å². The number of methoxy groups -OCH3 is 1. The van der Waals surface area contributed by atoms with Gasteiger partial charge in [0.1, 0.15) is 0 Å². The predicted molar refractivity (Wildman–Crippen MR) is 34.2 cm³/mol. The fraction of sp³-hybridized carbons (Fsp3) is 0.500. The van der Waals surface area contributed by atoms with Crippen LogP contribution in [0.3, 0.4) is 0 Å². The first-order chi connectivity index (χ1) is 3.66. The lowest BCUT2D eigenvalue weighted by Gasteiger charge is -1.94. The van der Waals surface area contributed by atoms with E-state index >= 15 is 0 Å². The van der Waals surface area contributed by atoms with Crippen LogP contribution >= 0.6 is 0 Å². The molecule has 0 aliphatic heterocycles. The molecule has 0 saturated carbocycles. The van der Waals surface area contributed by atoms with Gasteiger partial charge < -0.3 is 10.1 Å². The summed E-state index contributed by atoms with van der Waals surface area (Å²) < 4.78 is 4.78. The number of hydrogen-bond donors (Lipinski definition) is 1. The van der Waals surface area contributed by atoms with E-state index in [0.29, 0.717) is 5.71 Å². The van der Waals surface area contributed by atoms with Gasteiger partial charge in [0, 0.05) is 5.71 Å². The van der Waals surface area contributed by atoms with Gasteiger partial charge in [0.05, 0.1) is 12.9 Å². The Kier molecular flexibility index (Phi) is 2.92. The van der Waals surface area contributed by atoms with E-state index in [1.54, 1.807) is 20.1 Å². The van der Waals surface area contributed by atoms with Crippen molar-refractivity contribution in [1.29, 1.82) is 5.41 Å². The van der Waals surface area contributed by atoms with E-state index in [2.05, 4.69) is 0 Å². The zero-order valence-electron chi connectivity index (χ0n) is 5.49. The molecule has 0 spiro atoms. The monoisotopic (exact) mass is 113 g/mol. The van der Waals surface area contributed by atoms with E-state index in [1.165, 1.54) is 0 Å². The maximum Gasteiger partial charge on any atom is 0.0942 e. The molecule has 0 aliphatic carbocycles. The number of nitrogens with one attached hydrogen (secondary N) is 1. The summed E-state index contributed by atoms with van der Waals surface area (Å²) in [5.74, 6) is 0.775. The van der Waals surface area contributed by atoms with Gasteiger partial charge in [-0.05, 0) is 19.9 Å². The molecule has 0 rings (SSSR count). The lowest BCUT2D eigenvalue weighted by molar-refractivity contribution is 0.294. The third kappa shape index (κ3) is 3.40. The van der Waals surface area contributed by atoms with Crippen LogP contribution in [0.25, 0.3) is 0 Å². The smallest absolute Gasteiger partial charge is 0.0942 e. The standard InChI is InChI=1S/C6H11NO/c1-5(7)4-6(2)8-3/h4,7H,1-3H3. The zero-order chi connectivity index (χ0) is 6.57. The van der Waals surface area contributed by atoms with Crippen LogP contribution in [0, 0.1) is 5.41 Å². The van der Waals surface area contributed by atoms with E-state index < -0.39 is 0 Å². The SMILES string of the molecule is COC(C)=CC(C)=N. The van der Waals surface area contributed by atoms with Gasteiger partial charge in [-0.3, -0.25) is 0 Å². The van der Waals surface area contributed by atoms with Gasteiger partial charge in [0.2, 0.25) is 0 Å². The van der Waals surface area contributed by atoms with E-state index in [0.717, 1.165) is 5.76 Å². The van der Waals surface area contributed by atoms with Crippen LogP contribution in [0.15, 0.2) is 11.8 Å². The van der Waals surface area contributed by atoms with E-state index in [1.807, 2.05) is 6.92 Å². The fourth-order valence-corrected chi connectivity index (χ4v) is 0.364. The molecule has 0 radical (unpaired) electrons. The molecule has 2 heteroatoms. The Hall–Kier alpha value is -0.790. The Morgan fingerprint density at radius 1 is 1.50 bits per heavy atom. The van der Waals surface area contributed by atoms with Crippen LogP contribution in [0.4, 0.5) is 0 Å². The van der Waals surface area contributed by atoms with Crippen molar-refractivity contribution < 1.29 is 4.74 Å². The second-order valence-electron chi connectivity index (χ2n) is 1.64. The van der Waals surface area contributed by atoms with E-state index in [9.17, 15) is 0 Å². The minimum atomic E-state index is 0.518. The molecule has 0 atom stereocenters. The summed E-state index contributed by atoms with van der Waals surface area (Å²) in [6, 6.07) is 0. The molecule has 1 N–H and O–H groups in total. The van der Waals surface area contributed by atoms with Crippen LogP contribution < -0.4 is 0 Å². The average molecular weight is 113 g/mol. The summed E-state index contributed by atoms with van der Waals surface area (Å²) in [4.78, 5) is 0. The Balaban J connectivity index is 3.75. The average Bonchev–Trinajstić information content (AvgIpc) is 1.65. The summed E-state index contributed by atoms with van der Waals surface area (Å²) in [5.41, 5.74) is 0.518. The van der Waals surface area contributed by atoms with E-state index in [4.69, 9.17) is 10.1 Å². The first-order valence-corrected chi connectivity index (χ1v) is 2.44. The quantitative estimate of drug-likeness (QED) is 0.428. The molecule has 0 saturated heterocycles. The molecular weight excluding hydrogens is 102 g/mol. The molecule has 2 nitrogen and oxygen atoms in total. The Bertz CT molecular complexity index is 116. The highest BCUT2D eigenvalue weighted by atomic mass is 16.5. The molecule has 46 valence electrons. The Morgan fingerprint density at radius 2 is 2.00 bits per heavy atom. The van der Waals surface area contributed by atoms with Crippen molar-refractivity contribution in [2.45, 2.75) is 13.8 Å². The summed E-state index contributed by atoms with van der Waals surface area (Å²) in [6.07, 6.45) is 1.67. The fourth-order valence-electron chi connectivity index (χ4n) is 0.364. The molecule has 0 aromatic heterocycles.